The van der Waals surface area contributed by atoms with E-state index in [9.17, 15) is 19.5 Å². The Morgan fingerprint density at radius 2 is 1.94 bits per heavy atom. The number of halogens is 2. The Morgan fingerprint density at radius 3 is 2.64 bits per heavy atom. The third-order valence-electron chi connectivity index (χ3n) is 5.78. The molecule has 0 fully saturated rings. The number of methoxy groups -OCH3 is 2. The highest BCUT2D eigenvalue weighted by Crippen LogP contribution is 2.46. The maximum Gasteiger partial charge on any atom is 0.350 e. The van der Waals surface area contributed by atoms with E-state index in [0.29, 0.717) is 20.2 Å². The Labute approximate surface area is 224 Å². The summed E-state index contributed by atoms with van der Waals surface area (Å²) in [6, 6.07) is 7.09. The van der Waals surface area contributed by atoms with E-state index in [1.54, 1.807) is 31.2 Å². The van der Waals surface area contributed by atoms with Gasteiger partial charge in [0.1, 0.15) is 10.5 Å². The van der Waals surface area contributed by atoms with Crippen LogP contribution in [0.3, 0.4) is 0 Å². The summed E-state index contributed by atoms with van der Waals surface area (Å²) in [7, 11) is 2.65. The summed E-state index contributed by atoms with van der Waals surface area (Å²) < 4.78 is 17.1. The quantitative estimate of drug-likeness (QED) is 0.299. The normalized spacial score (nSPS) is 14.9. The van der Waals surface area contributed by atoms with Gasteiger partial charge in [0.25, 0.3) is 5.91 Å². The van der Waals surface area contributed by atoms with Crippen LogP contribution < -0.4 is 15.1 Å². The molecule has 0 radical (unpaired) electrons. The summed E-state index contributed by atoms with van der Waals surface area (Å²) in [5.74, 6) is -1.31. The van der Waals surface area contributed by atoms with E-state index in [2.05, 4.69) is 36.8 Å². The average molecular weight is 636 g/mol. The van der Waals surface area contributed by atoms with Crippen molar-refractivity contribution in [1.82, 2.24) is 4.98 Å². The number of benzene rings is 2. The SMILES string of the molecule is COC(=O)c1sc(N2C(=O)c3oc4ccc(Br)cc4c(=O)c3C2c2cc(Br)c(O)c(OC)c2)nc1C. The zero-order chi connectivity index (χ0) is 25.9. The van der Waals surface area contributed by atoms with Crippen molar-refractivity contribution in [1.29, 1.82) is 0 Å². The van der Waals surface area contributed by atoms with E-state index >= 15 is 0 Å². The lowest BCUT2D eigenvalue weighted by molar-refractivity contribution is 0.0605. The van der Waals surface area contributed by atoms with Crippen LogP contribution >= 0.6 is 43.2 Å². The van der Waals surface area contributed by atoms with Crippen LogP contribution in [0.25, 0.3) is 11.0 Å². The number of aromatic nitrogens is 1. The zero-order valence-corrected chi connectivity index (χ0v) is 22.9. The third-order valence-corrected chi connectivity index (χ3v) is 8.02. The number of phenols is 1. The van der Waals surface area contributed by atoms with E-state index in [1.165, 1.54) is 25.2 Å². The molecule has 1 atom stereocenters. The highest BCUT2D eigenvalue weighted by Gasteiger charge is 2.45. The topological polar surface area (TPSA) is 119 Å². The van der Waals surface area contributed by atoms with Gasteiger partial charge in [0.2, 0.25) is 5.76 Å². The molecule has 2 aromatic carbocycles. The Bertz CT molecular complexity index is 1650. The second kappa shape index (κ2) is 9.02. The number of hydrogen-bond donors (Lipinski definition) is 1. The molecular weight excluding hydrogens is 620 g/mol. The molecule has 184 valence electrons. The number of amides is 1. The number of carbonyl (C=O) groups excluding carboxylic acids is 2. The molecule has 1 N–H and O–H groups in total. The number of rotatable bonds is 4. The monoisotopic (exact) mass is 634 g/mol. The molecule has 5 rings (SSSR count). The van der Waals surface area contributed by atoms with Crippen LogP contribution in [-0.2, 0) is 4.74 Å². The van der Waals surface area contributed by atoms with E-state index in [4.69, 9.17) is 13.9 Å². The highest BCUT2D eigenvalue weighted by atomic mass is 79.9. The van der Waals surface area contributed by atoms with Gasteiger partial charge < -0.3 is 19.0 Å². The summed E-state index contributed by atoms with van der Waals surface area (Å²) in [6.45, 7) is 1.63. The number of esters is 1. The summed E-state index contributed by atoms with van der Waals surface area (Å²) in [5.41, 5.74) is 0.807. The number of anilines is 1. The molecule has 9 nitrogen and oxygen atoms in total. The lowest BCUT2D eigenvalue weighted by Crippen LogP contribution is -2.29. The molecule has 36 heavy (non-hydrogen) atoms. The van der Waals surface area contributed by atoms with Crippen molar-refractivity contribution in [3.63, 3.8) is 0 Å². The van der Waals surface area contributed by atoms with Crippen molar-refractivity contribution >= 4 is 71.2 Å². The van der Waals surface area contributed by atoms with Gasteiger partial charge in [0, 0.05) is 4.47 Å². The Kier molecular flexibility index (Phi) is 6.13. The number of ether oxygens (including phenoxy) is 2. The van der Waals surface area contributed by atoms with Gasteiger partial charge in [-0.3, -0.25) is 14.5 Å². The van der Waals surface area contributed by atoms with Crippen LogP contribution in [0, 0.1) is 6.92 Å². The maximum atomic E-state index is 13.8. The first-order valence-corrected chi connectivity index (χ1v) is 12.8. The van der Waals surface area contributed by atoms with Crippen molar-refractivity contribution in [2.24, 2.45) is 0 Å². The van der Waals surface area contributed by atoms with Crippen molar-refractivity contribution in [3.05, 3.63) is 77.0 Å². The van der Waals surface area contributed by atoms with Crippen LogP contribution in [-0.4, -0.2) is 36.2 Å². The van der Waals surface area contributed by atoms with Gasteiger partial charge in [-0.15, -0.1) is 0 Å². The van der Waals surface area contributed by atoms with Gasteiger partial charge in [-0.25, -0.2) is 9.78 Å². The fourth-order valence-electron chi connectivity index (χ4n) is 4.13. The number of phenolic OH excluding ortho intramolecular Hbond substituents is 1. The minimum atomic E-state index is -0.978. The predicted molar refractivity (Wildman–Crippen MR) is 139 cm³/mol. The molecule has 0 saturated heterocycles. The van der Waals surface area contributed by atoms with Crippen molar-refractivity contribution < 1.29 is 28.6 Å². The van der Waals surface area contributed by atoms with E-state index < -0.39 is 23.3 Å². The van der Waals surface area contributed by atoms with Crippen LogP contribution in [0.1, 0.15) is 43.1 Å². The highest BCUT2D eigenvalue weighted by molar-refractivity contribution is 9.10. The van der Waals surface area contributed by atoms with Crippen molar-refractivity contribution in [2.45, 2.75) is 13.0 Å². The summed E-state index contributed by atoms with van der Waals surface area (Å²) in [4.78, 5) is 45.8. The molecule has 12 heteroatoms. The molecule has 1 aliphatic heterocycles. The molecule has 0 bridgehead atoms. The Hall–Kier alpha value is -3.22. The van der Waals surface area contributed by atoms with Crippen molar-refractivity contribution in [2.75, 3.05) is 19.1 Å². The predicted octanol–water partition coefficient (Wildman–Crippen LogP) is 5.33. The number of thiazole rings is 1. The molecule has 3 heterocycles. The minimum Gasteiger partial charge on any atom is -0.503 e. The molecule has 1 aliphatic rings. The van der Waals surface area contributed by atoms with Crippen LogP contribution in [0.4, 0.5) is 5.13 Å². The average Bonchev–Trinajstić information content (AvgIpc) is 3.38. The molecular formula is C24H16Br2N2O7S. The summed E-state index contributed by atoms with van der Waals surface area (Å²) >= 11 is 7.66. The number of aryl methyl sites for hydroxylation is 1. The second-order valence-electron chi connectivity index (χ2n) is 7.85. The van der Waals surface area contributed by atoms with E-state index in [1.807, 2.05) is 0 Å². The van der Waals surface area contributed by atoms with Gasteiger partial charge in [-0.05, 0) is 58.7 Å². The number of nitrogens with zero attached hydrogens (tertiary/aromatic N) is 2. The second-order valence-corrected chi connectivity index (χ2v) is 10.6. The van der Waals surface area contributed by atoms with Gasteiger partial charge in [0.05, 0.1) is 41.4 Å². The van der Waals surface area contributed by atoms with Gasteiger partial charge >= 0.3 is 5.97 Å². The third kappa shape index (κ3) is 3.71. The summed E-state index contributed by atoms with van der Waals surface area (Å²) in [6.07, 6.45) is 0. The zero-order valence-electron chi connectivity index (χ0n) is 18.9. The Balaban J connectivity index is 1.82. The van der Waals surface area contributed by atoms with Crippen LogP contribution in [0.2, 0.25) is 0 Å². The molecule has 0 aliphatic carbocycles. The first-order chi connectivity index (χ1) is 17.2. The van der Waals surface area contributed by atoms with Gasteiger partial charge in [-0.2, -0.15) is 0 Å². The molecule has 4 aromatic rings. The maximum absolute atomic E-state index is 13.8. The minimum absolute atomic E-state index is 0.109. The lowest BCUT2D eigenvalue weighted by atomic mass is 9.98. The molecule has 2 aromatic heterocycles. The first kappa shape index (κ1) is 24.5. The number of carbonyl (C=O) groups is 2. The van der Waals surface area contributed by atoms with E-state index in [0.717, 1.165) is 11.3 Å². The van der Waals surface area contributed by atoms with Crippen molar-refractivity contribution in [3.8, 4) is 11.5 Å². The Morgan fingerprint density at radius 1 is 1.19 bits per heavy atom. The molecule has 1 amide bonds. The fourth-order valence-corrected chi connectivity index (χ4v) is 5.96. The largest absolute Gasteiger partial charge is 0.503 e. The number of hydrogen-bond acceptors (Lipinski definition) is 9. The number of fused-ring (bicyclic) bond motifs is 2. The fraction of sp³-hybridized carbons (Fsp3) is 0.167. The van der Waals surface area contributed by atoms with Gasteiger partial charge in [0.15, 0.2) is 22.1 Å². The van der Waals surface area contributed by atoms with Crippen LogP contribution in [0.5, 0.6) is 11.5 Å². The smallest absolute Gasteiger partial charge is 0.350 e. The lowest BCUT2D eigenvalue weighted by Gasteiger charge is -2.23. The molecule has 1 unspecified atom stereocenters. The molecule has 0 spiro atoms. The van der Waals surface area contributed by atoms with Gasteiger partial charge in [-0.1, -0.05) is 27.3 Å². The molecule has 0 saturated carbocycles. The van der Waals surface area contributed by atoms with Crippen LogP contribution in [0.15, 0.2) is 48.5 Å². The first-order valence-electron chi connectivity index (χ1n) is 10.4. The number of aromatic hydroxyl groups is 1. The van der Waals surface area contributed by atoms with E-state index in [-0.39, 0.29) is 43.8 Å². The standard InChI is InChI=1S/C24H16Br2N2O7S/c1-9-21(23(32)34-3)36-24(27-9)28-17(10-6-13(26)19(30)15(7-10)33-2)16-18(29)12-8-11(25)4-5-14(12)35-20(16)22(28)31/h4-8,17,30H,1-3H3. The summed E-state index contributed by atoms with van der Waals surface area (Å²) in [5, 5.41) is 10.8.